The molecule has 1 heterocycles. The summed E-state index contributed by atoms with van der Waals surface area (Å²) in [6.07, 6.45) is 1.63. The van der Waals surface area contributed by atoms with Crippen LogP contribution < -0.4 is 4.90 Å². The minimum atomic E-state index is -0.220. The van der Waals surface area contributed by atoms with Crippen molar-refractivity contribution in [2.45, 2.75) is 13.8 Å². The van der Waals surface area contributed by atoms with Crippen molar-refractivity contribution >= 4 is 57.3 Å². The number of phenols is 1. The molecular formula is C24H19N3O2S2. The topological polar surface area (TPSA) is 65.3 Å². The minimum Gasteiger partial charge on any atom is -0.507 e. The number of hydrogen-bond acceptors (Lipinski definition) is 6. The van der Waals surface area contributed by atoms with Crippen molar-refractivity contribution in [2.75, 3.05) is 4.90 Å². The van der Waals surface area contributed by atoms with E-state index in [1.165, 1.54) is 22.2 Å². The van der Waals surface area contributed by atoms with E-state index in [1.54, 1.807) is 24.3 Å². The largest absolute Gasteiger partial charge is 0.507 e. The van der Waals surface area contributed by atoms with E-state index in [-0.39, 0.29) is 11.7 Å². The lowest BCUT2D eigenvalue weighted by Crippen LogP contribution is -2.27. The summed E-state index contributed by atoms with van der Waals surface area (Å²) in [7, 11) is 0. The normalized spacial score (nSPS) is 15.4. The van der Waals surface area contributed by atoms with Crippen LogP contribution in [0.1, 0.15) is 16.7 Å². The van der Waals surface area contributed by atoms with Crippen molar-refractivity contribution < 1.29 is 9.90 Å². The van der Waals surface area contributed by atoms with Crippen molar-refractivity contribution in [1.29, 1.82) is 0 Å². The Morgan fingerprint density at radius 1 is 0.935 bits per heavy atom. The molecule has 0 aliphatic carbocycles. The molecule has 154 valence electrons. The zero-order valence-corrected chi connectivity index (χ0v) is 18.6. The highest BCUT2D eigenvalue weighted by atomic mass is 32.2. The highest BCUT2D eigenvalue weighted by molar-refractivity contribution is 8.27. The van der Waals surface area contributed by atoms with Crippen molar-refractivity contribution in [3.05, 3.63) is 88.3 Å². The van der Waals surface area contributed by atoms with Crippen molar-refractivity contribution in [1.82, 2.24) is 0 Å². The summed E-state index contributed by atoms with van der Waals surface area (Å²) in [5.74, 6) is -0.169. The maximum absolute atomic E-state index is 12.9. The van der Waals surface area contributed by atoms with Gasteiger partial charge in [-0.1, -0.05) is 48.2 Å². The second kappa shape index (κ2) is 8.83. The highest BCUT2D eigenvalue weighted by Crippen LogP contribution is 2.37. The molecule has 1 N–H and O–H groups in total. The SMILES string of the molecule is Cc1ccc(N=Nc2ccc(O)c(/C=C3\SC(=S)N(c4ccccc4)C3=O)c2)cc1C. The Hall–Kier alpha value is -3.29. The number of carbonyl (C=O) groups is 1. The first-order valence-corrected chi connectivity index (χ1v) is 10.8. The fraction of sp³-hybridized carbons (Fsp3) is 0.0833. The summed E-state index contributed by atoms with van der Waals surface area (Å²) < 4.78 is 0.451. The van der Waals surface area contributed by atoms with E-state index in [0.717, 1.165) is 11.3 Å². The second-order valence-electron chi connectivity index (χ2n) is 7.06. The number of benzene rings is 3. The van der Waals surface area contributed by atoms with Crippen molar-refractivity contribution in [2.24, 2.45) is 10.2 Å². The number of hydrogen-bond donors (Lipinski definition) is 1. The van der Waals surface area contributed by atoms with Gasteiger partial charge in [-0.3, -0.25) is 9.69 Å². The Morgan fingerprint density at radius 2 is 1.61 bits per heavy atom. The Kier molecular flexibility index (Phi) is 5.97. The fourth-order valence-corrected chi connectivity index (χ4v) is 4.32. The van der Waals surface area contributed by atoms with Crippen LogP contribution in [0.25, 0.3) is 6.08 Å². The number of thiocarbonyl (C=S) groups is 1. The third-order valence-corrected chi connectivity index (χ3v) is 6.18. The molecule has 1 saturated heterocycles. The molecule has 0 spiro atoms. The molecule has 1 aliphatic rings. The molecule has 4 rings (SSSR count). The Morgan fingerprint density at radius 3 is 2.32 bits per heavy atom. The first kappa shape index (κ1) is 21.0. The van der Waals surface area contributed by atoms with Crippen LogP contribution in [0.4, 0.5) is 17.1 Å². The molecule has 1 fully saturated rings. The lowest BCUT2D eigenvalue weighted by Gasteiger charge is -2.13. The first-order chi connectivity index (χ1) is 14.9. The number of amides is 1. The van der Waals surface area contributed by atoms with E-state index >= 15 is 0 Å². The molecule has 0 aromatic heterocycles. The van der Waals surface area contributed by atoms with Crippen LogP contribution in [-0.4, -0.2) is 15.3 Å². The van der Waals surface area contributed by atoms with Gasteiger partial charge in [-0.05, 0) is 73.5 Å². The zero-order chi connectivity index (χ0) is 22.0. The van der Waals surface area contributed by atoms with Crippen LogP contribution in [0.2, 0.25) is 0 Å². The summed E-state index contributed by atoms with van der Waals surface area (Å²) >= 11 is 6.60. The molecule has 31 heavy (non-hydrogen) atoms. The van der Waals surface area contributed by atoms with Gasteiger partial charge in [0, 0.05) is 5.56 Å². The second-order valence-corrected chi connectivity index (χ2v) is 8.74. The van der Waals surface area contributed by atoms with E-state index in [1.807, 2.05) is 62.4 Å². The third kappa shape index (κ3) is 4.57. The Bertz CT molecular complexity index is 1240. The number of nitrogens with zero attached hydrogens (tertiary/aromatic N) is 3. The summed E-state index contributed by atoms with van der Waals surface area (Å²) in [5, 5.41) is 18.9. The number of para-hydroxylation sites is 1. The van der Waals surface area contributed by atoms with E-state index < -0.39 is 0 Å². The van der Waals surface area contributed by atoms with Gasteiger partial charge >= 0.3 is 0 Å². The lowest BCUT2D eigenvalue weighted by atomic mass is 10.1. The highest BCUT2D eigenvalue weighted by Gasteiger charge is 2.33. The molecular weight excluding hydrogens is 426 g/mol. The van der Waals surface area contributed by atoms with Crippen LogP contribution in [-0.2, 0) is 4.79 Å². The first-order valence-electron chi connectivity index (χ1n) is 9.57. The number of rotatable bonds is 4. The van der Waals surface area contributed by atoms with Gasteiger partial charge in [0.2, 0.25) is 0 Å². The lowest BCUT2D eigenvalue weighted by molar-refractivity contribution is -0.113. The van der Waals surface area contributed by atoms with Crippen LogP contribution in [0.5, 0.6) is 5.75 Å². The third-order valence-electron chi connectivity index (χ3n) is 4.88. The standard InChI is InChI=1S/C24H19N3O2S2/c1-15-8-9-18(12-16(15)2)25-26-19-10-11-21(28)17(13-19)14-22-23(29)27(24(30)31-22)20-6-4-3-5-7-20/h3-14,28H,1-2H3/b22-14-,26-25?. The van der Waals surface area contributed by atoms with Gasteiger partial charge in [-0.25, -0.2) is 0 Å². The molecule has 3 aromatic rings. The number of phenolic OH excluding ortho intramolecular Hbond substituents is 1. The molecule has 0 saturated carbocycles. The van der Waals surface area contributed by atoms with E-state index in [0.29, 0.717) is 26.2 Å². The van der Waals surface area contributed by atoms with Gasteiger partial charge in [0.15, 0.2) is 4.32 Å². The fourth-order valence-electron chi connectivity index (χ4n) is 3.03. The van der Waals surface area contributed by atoms with Crippen LogP contribution in [0.15, 0.2) is 81.9 Å². The minimum absolute atomic E-state index is 0.0510. The molecule has 0 radical (unpaired) electrons. The predicted molar refractivity (Wildman–Crippen MR) is 130 cm³/mol. The van der Waals surface area contributed by atoms with Gasteiger partial charge in [-0.15, -0.1) is 0 Å². The number of anilines is 1. The van der Waals surface area contributed by atoms with Gasteiger partial charge in [0.1, 0.15) is 5.75 Å². The van der Waals surface area contributed by atoms with E-state index in [9.17, 15) is 9.90 Å². The number of azo groups is 1. The predicted octanol–water partition coefficient (Wildman–Crippen LogP) is 6.83. The van der Waals surface area contributed by atoms with Gasteiger partial charge < -0.3 is 5.11 Å². The maximum atomic E-state index is 12.9. The molecule has 5 nitrogen and oxygen atoms in total. The van der Waals surface area contributed by atoms with Crippen molar-refractivity contribution in [3.63, 3.8) is 0 Å². The summed E-state index contributed by atoms with van der Waals surface area (Å²) in [6.45, 7) is 4.07. The number of aryl methyl sites for hydroxylation is 2. The number of carbonyl (C=O) groups excluding carboxylic acids is 1. The summed E-state index contributed by atoms with van der Waals surface area (Å²) in [6, 6.07) is 20.0. The van der Waals surface area contributed by atoms with E-state index in [2.05, 4.69) is 10.2 Å². The number of aromatic hydroxyl groups is 1. The van der Waals surface area contributed by atoms with E-state index in [4.69, 9.17) is 12.2 Å². The molecule has 3 aromatic carbocycles. The average molecular weight is 446 g/mol. The van der Waals surface area contributed by atoms with Crippen LogP contribution in [0.3, 0.4) is 0 Å². The maximum Gasteiger partial charge on any atom is 0.270 e. The Balaban J connectivity index is 1.61. The summed E-state index contributed by atoms with van der Waals surface area (Å²) in [5.41, 5.74) is 4.85. The molecule has 0 unspecified atom stereocenters. The quantitative estimate of drug-likeness (QED) is 0.271. The molecule has 7 heteroatoms. The average Bonchev–Trinajstić information content (AvgIpc) is 3.04. The van der Waals surface area contributed by atoms with Gasteiger partial charge in [0.25, 0.3) is 5.91 Å². The number of thioether (sulfide) groups is 1. The molecule has 1 aliphatic heterocycles. The molecule has 0 atom stereocenters. The zero-order valence-electron chi connectivity index (χ0n) is 16.9. The monoisotopic (exact) mass is 445 g/mol. The Labute approximate surface area is 190 Å². The summed E-state index contributed by atoms with van der Waals surface area (Å²) in [4.78, 5) is 14.8. The molecule has 1 amide bonds. The van der Waals surface area contributed by atoms with Crippen molar-refractivity contribution in [3.8, 4) is 5.75 Å². The van der Waals surface area contributed by atoms with Gasteiger partial charge in [0.05, 0.1) is 22.0 Å². The smallest absolute Gasteiger partial charge is 0.270 e. The molecule has 0 bridgehead atoms. The van der Waals surface area contributed by atoms with Crippen LogP contribution in [0, 0.1) is 13.8 Å². The van der Waals surface area contributed by atoms with Crippen LogP contribution >= 0.6 is 24.0 Å². The van der Waals surface area contributed by atoms with Gasteiger partial charge in [-0.2, -0.15) is 10.2 Å².